The molecule has 5 amide bonds. The summed E-state index contributed by atoms with van der Waals surface area (Å²) in [7, 11) is -3.57. The molecule has 4 atom stereocenters. The van der Waals surface area contributed by atoms with Crippen LogP contribution in [0.3, 0.4) is 0 Å². The smallest absolute Gasteiger partial charge is 0.315 e. The lowest BCUT2D eigenvalue weighted by Gasteiger charge is -2.49. The second-order valence-corrected chi connectivity index (χ2v) is 19.7. The van der Waals surface area contributed by atoms with Crippen molar-refractivity contribution in [3.8, 4) is 0 Å². The van der Waals surface area contributed by atoms with Gasteiger partial charge in [-0.3, -0.25) is 19.2 Å². The Bertz CT molecular complexity index is 1340. The van der Waals surface area contributed by atoms with Gasteiger partial charge in [0.1, 0.15) is 12.1 Å². The topological polar surface area (TPSA) is 171 Å². The van der Waals surface area contributed by atoms with Crippen molar-refractivity contribution in [3.63, 3.8) is 0 Å². The number of carbonyl (C=O) groups is 5. The van der Waals surface area contributed by atoms with Crippen molar-refractivity contribution in [1.82, 2.24) is 26.2 Å². The van der Waals surface area contributed by atoms with Crippen LogP contribution >= 0.6 is 0 Å². The van der Waals surface area contributed by atoms with Crippen molar-refractivity contribution in [2.45, 2.75) is 149 Å². The van der Waals surface area contributed by atoms with E-state index in [1.807, 2.05) is 48.5 Å². The van der Waals surface area contributed by atoms with E-state index in [4.69, 9.17) is 0 Å². The molecule has 2 fully saturated rings. The zero-order valence-corrected chi connectivity index (χ0v) is 32.4. The lowest BCUT2D eigenvalue weighted by atomic mass is 9.71. The summed E-state index contributed by atoms with van der Waals surface area (Å²) in [5, 5.41) is 11.1. The first kappa shape index (κ1) is 42.2. The Morgan fingerprint density at radius 1 is 0.980 bits per heavy atom. The van der Waals surface area contributed by atoms with Crippen LogP contribution in [0.15, 0.2) is 12.7 Å². The molecule has 0 aromatic rings. The molecule has 0 bridgehead atoms. The van der Waals surface area contributed by atoms with Crippen LogP contribution in [0.25, 0.3) is 0 Å². The number of hydrogen-bond donors (Lipinski definition) is 4. The lowest BCUT2D eigenvalue weighted by molar-refractivity contribution is -0.151. The summed E-state index contributed by atoms with van der Waals surface area (Å²) in [6.45, 7) is 22.2. The molecule has 2 aliphatic rings. The number of sulfone groups is 1. The van der Waals surface area contributed by atoms with Crippen LogP contribution < -0.4 is 21.3 Å². The van der Waals surface area contributed by atoms with Crippen LogP contribution in [-0.4, -0.2) is 90.1 Å². The SMILES string of the molecule is C=CCNC(=O)C(=O)C(CCC)NC(=O)[C@@H]1CC(C)(C)C(C)CN1C(=O)[C@@H](NC(=O)NC1(CS(=O)(=O)C(C)(C)C)CCCCC1)C(C)(C)C. The predicted molar refractivity (Wildman–Crippen MR) is 192 cm³/mol. The first-order valence-electron chi connectivity index (χ1n) is 17.8. The number of ketones is 1. The molecule has 2 rings (SSSR count). The molecule has 13 heteroatoms. The molecule has 12 nitrogen and oxygen atoms in total. The van der Waals surface area contributed by atoms with Gasteiger partial charge in [0.2, 0.25) is 17.6 Å². The maximum Gasteiger partial charge on any atom is 0.315 e. The highest BCUT2D eigenvalue weighted by Crippen LogP contribution is 2.40. The zero-order chi connectivity index (χ0) is 37.6. The summed E-state index contributed by atoms with van der Waals surface area (Å²) in [6, 6.07) is -3.72. The number of amides is 5. The summed E-state index contributed by atoms with van der Waals surface area (Å²) in [5.41, 5.74) is -2.09. The summed E-state index contributed by atoms with van der Waals surface area (Å²) >= 11 is 0. The monoisotopic (exact) mass is 709 g/mol. The lowest BCUT2D eigenvalue weighted by Crippen LogP contribution is -2.66. The second-order valence-electron chi connectivity index (χ2n) is 16.9. The molecule has 1 saturated heterocycles. The normalized spacial score (nSPS) is 22.2. The van der Waals surface area contributed by atoms with Gasteiger partial charge in [-0.25, -0.2) is 13.2 Å². The van der Waals surface area contributed by atoms with E-state index in [9.17, 15) is 32.4 Å². The van der Waals surface area contributed by atoms with Gasteiger partial charge < -0.3 is 26.2 Å². The summed E-state index contributed by atoms with van der Waals surface area (Å²) in [4.78, 5) is 69.3. The highest BCUT2D eigenvalue weighted by molar-refractivity contribution is 7.92. The van der Waals surface area contributed by atoms with E-state index in [0.717, 1.165) is 19.3 Å². The van der Waals surface area contributed by atoms with Crippen molar-refractivity contribution in [3.05, 3.63) is 12.7 Å². The molecule has 1 saturated carbocycles. The van der Waals surface area contributed by atoms with Gasteiger partial charge in [-0.05, 0) is 63.2 Å². The third-order valence-electron chi connectivity index (χ3n) is 10.3. The molecule has 0 spiro atoms. The van der Waals surface area contributed by atoms with Crippen molar-refractivity contribution in [2.75, 3.05) is 18.8 Å². The zero-order valence-electron chi connectivity index (χ0n) is 31.6. The van der Waals surface area contributed by atoms with E-state index in [1.165, 1.54) is 11.0 Å². The molecule has 1 heterocycles. The summed E-state index contributed by atoms with van der Waals surface area (Å²) in [5.74, 6) is -2.78. The van der Waals surface area contributed by atoms with Gasteiger partial charge in [0, 0.05) is 13.1 Å². The third-order valence-corrected chi connectivity index (χ3v) is 13.1. The molecular weight excluding hydrogens is 646 g/mol. The fraction of sp³-hybridized carbons (Fsp3) is 0.806. The first-order valence-corrected chi connectivity index (χ1v) is 19.4. The minimum Gasteiger partial charge on any atom is -0.346 e. The van der Waals surface area contributed by atoms with E-state index in [-0.39, 0.29) is 36.6 Å². The second kappa shape index (κ2) is 16.4. The number of piperidine rings is 1. The number of urea groups is 1. The van der Waals surface area contributed by atoms with E-state index >= 15 is 0 Å². The summed E-state index contributed by atoms with van der Waals surface area (Å²) < 4.78 is 25.6. The Kier molecular flexibility index (Phi) is 14.1. The van der Waals surface area contributed by atoms with Crippen LogP contribution in [0.1, 0.15) is 121 Å². The maximum absolute atomic E-state index is 14.5. The molecule has 2 unspecified atom stereocenters. The van der Waals surface area contributed by atoms with Crippen LogP contribution in [0.5, 0.6) is 0 Å². The number of nitrogens with one attached hydrogen (secondary N) is 4. The standard InChI is InChI=1S/C36H63N5O7S/c1-12-17-25(27(42)30(44)37-20-13-2)38-29(43)26-21-35(10,11)24(3)22-41(26)31(45)28(33(4,5)6)39-32(46)40-36(18-15-14-16-19-36)23-49(47,48)34(7,8)9/h13,24-26,28H,2,12,14-23H2,1,3-11H3,(H,37,44)(H,38,43)(H2,39,40,46)/t24?,25?,26-,28+/m0/s1. The van der Waals surface area contributed by atoms with Gasteiger partial charge in [0.05, 0.1) is 22.1 Å². The molecule has 1 aliphatic heterocycles. The number of carbonyl (C=O) groups excluding carboxylic acids is 5. The average molecular weight is 710 g/mol. The van der Waals surface area contributed by atoms with Crippen molar-refractivity contribution in [2.24, 2.45) is 16.7 Å². The van der Waals surface area contributed by atoms with E-state index in [1.54, 1.807) is 20.8 Å². The fourth-order valence-corrected chi connectivity index (χ4v) is 8.05. The Morgan fingerprint density at radius 2 is 1.57 bits per heavy atom. The highest BCUT2D eigenvalue weighted by Gasteiger charge is 2.48. The molecule has 280 valence electrons. The van der Waals surface area contributed by atoms with Crippen LogP contribution in [0.4, 0.5) is 4.79 Å². The predicted octanol–water partition coefficient (Wildman–Crippen LogP) is 4.04. The number of nitrogens with zero attached hydrogens (tertiary/aromatic N) is 1. The first-order chi connectivity index (χ1) is 22.4. The van der Waals surface area contributed by atoms with Crippen molar-refractivity contribution < 1.29 is 32.4 Å². The molecule has 0 radical (unpaired) electrons. The molecule has 1 aliphatic carbocycles. The number of rotatable bonds is 13. The minimum atomic E-state index is -3.57. The fourth-order valence-electron chi connectivity index (χ4n) is 6.53. The van der Waals surface area contributed by atoms with E-state index < -0.39 is 73.2 Å². The van der Waals surface area contributed by atoms with Crippen molar-refractivity contribution >= 4 is 39.4 Å². The summed E-state index contributed by atoms with van der Waals surface area (Å²) in [6.07, 6.45) is 6.04. The van der Waals surface area contributed by atoms with E-state index in [2.05, 4.69) is 27.8 Å². The molecular formula is C36H63N5O7S. The van der Waals surface area contributed by atoms with Crippen molar-refractivity contribution in [1.29, 1.82) is 0 Å². The van der Waals surface area contributed by atoms with Gasteiger partial charge in [-0.2, -0.15) is 0 Å². The Morgan fingerprint density at radius 3 is 2.08 bits per heavy atom. The van der Waals surface area contributed by atoms with Gasteiger partial charge in [0.25, 0.3) is 5.91 Å². The van der Waals surface area contributed by atoms with Gasteiger partial charge in [0.15, 0.2) is 9.84 Å². The third kappa shape index (κ3) is 11.0. The Labute approximate surface area is 294 Å². The van der Waals surface area contributed by atoms with Crippen LogP contribution in [0, 0.1) is 16.7 Å². The van der Waals surface area contributed by atoms with Crippen LogP contribution in [-0.2, 0) is 29.0 Å². The maximum atomic E-state index is 14.5. The number of Topliss-reactive ketones (excluding diaryl/α,β-unsaturated/α-hetero) is 1. The Hall–Kier alpha value is -2.96. The molecule has 0 aromatic carbocycles. The number of hydrogen-bond acceptors (Lipinski definition) is 7. The van der Waals surface area contributed by atoms with Gasteiger partial charge in [-0.15, -0.1) is 6.58 Å². The van der Waals surface area contributed by atoms with E-state index in [0.29, 0.717) is 25.7 Å². The minimum absolute atomic E-state index is 0.000750. The molecule has 4 N–H and O–H groups in total. The highest BCUT2D eigenvalue weighted by atomic mass is 32.2. The van der Waals surface area contributed by atoms with Gasteiger partial charge in [-0.1, -0.05) is 80.2 Å². The molecule has 49 heavy (non-hydrogen) atoms. The quantitative estimate of drug-likeness (QED) is 0.165. The molecule has 0 aromatic heterocycles. The largest absolute Gasteiger partial charge is 0.346 e. The average Bonchev–Trinajstić information content (AvgIpc) is 2.97. The van der Waals surface area contributed by atoms with Gasteiger partial charge >= 0.3 is 6.03 Å². The van der Waals surface area contributed by atoms with Crippen LogP contribution in [0.2, 0.25) is 0 Å². The number of likely N-dealkylation sites (tertiary alicyclic amines) is 1. The Balaban J connectivity index is 2.41.